The average molecular weight is 199 g/mol. The number of carbonyl (C=O) groups is 1. The highest BCUT2D eigenvalue weighted by atomic mass is 16.5. The molecule has 0 aliphatic heterocycles. The summed E-state index contributed by atoms with van der Waals surface area (Å²) in [7, 11) is 1.43. The standard InChI is InChI=1S/C11H21NO2/c1-4-9-5-6-10(7-9)12-8(2)11(13)14-3/h8-10,12H,4-7H2,1-3H3. The van der Waals surface area contributed by atoms with Gasteiger partial charge in [-0.05, 0) is 32.1 Å². The summed E-state index contributed by atoms with van der Waals surface area (Å²) in [5.41, 5.74) is 0. The molecule has 14 heavy (non-hydrogen) atoms. The van der Waals surface area contributed by atoms with Gasteiger partial charge in [0, 0.05) is 6.04 Å². The third-order valence-electron chi connectivity index (χ3n) is 3.16. The van der Waals surface area contributed by atoms with Crippen LogP contribution in [0.25, 0.3) is 0 Å². The molecule has 1 saturated carbocycles. The van der Waals surface area contributed by atoms with Gasteiger partial charge in [0.05, 0.1) is 7.11 Å². The molecular weight excluding hydrogens is 178 g/mol. The molecule has 1 aliphatic rings. The Bertz CT molecular complexity index is 194. The van der Waals surface area contributed by atoms with Crippen LogP contribution in [0.15, 0.2) is 0 Å². The molecule has 0 aromatic rings. The first kappa shape index (κ1) is 11.5. The van der Waals surface area contributed by atoms with Crippen molar-refractivity contribution >= 4 is 5.97 Å². The lowest BCUT2D eigenvalue weighted by Gasteiger charge is -2.17. The van der Waals surface area contributed by atoms with Gasteiger partial charge in [0.25, 0.3) is 0 Å². The zero-order chi connectivity index (χ0) is 10.6. The van der Waals surface area contributed by atoms with Gasteiger partial charge >= 0.3 is 5.97 Å². The largest absolute Gasteiger partial charge is 0.468 e. The number of nitrogens with one attached hydrogen (secondary N) is 1. The minimum Gasteiger partial charge on any atom is -0.468 e. The monoisotopic (exact) mass is 199 g/mol. The molecule has 0 radical (unpaired) electrons. The maximum absolute atomic E-state index is 11.2. The Morgan fingerprint density at radius 1 is 1.57 bits per heavy atom. The van der Waals surface area contributed by atoms with E-state index >= 15 is 0 Å². The Balaban J connectivity index is 2.28. The lowest BCUT2D eigenvalue weighted by atomic mass is 10.1. The van der Waals surface area contributed by atoms with Gasteiger partial charge in [-0.2, -0.15) is 0 Å². The van der Waals surface area contributed by atoms with Crippen LogP contribution in [0, 0.1) is 5.92 Å². The molecule has 82 valence electrons. The minimum absolute atomic E-state index is 0.162. The van der Waals surface area contributed by atoms with Crippen LogP contribution in [0.4, 0.5) is 0 Å². The summed E-state index contributed by atoms with van der Waals surface area (Å²) in [5, 5.41) is 3.32. The fraction of sp³-hybridized carbons (Fsp3) is 0.909. The van der Waals surface area contributed by atoms with E-state index in [1.807, 2.05) is 6.92 Å². The van der Waals surface area contributed by atoms with Gasteiger partial charge < -0.3 is 10.1 Å². The predicted octanol–water partition coefficient (Wildman–Crippen LogP) is 1.72. The third kappa shape index (κ3) is 2.98. The van der Waals surface area contributed by atoms with Crippen LogP contribution in [0.2, 0.25) is 0 Å². The molecular formula is C11H21NO2. The number of hydrogen-bond acceptors (Lipinski definition) is 3. The summed E-state index contributed by atoms with van der Waals surface area (Å²) in [5.74, 6) is 0.683. The van der Waals surface area contributed by atoms with Crippen molar-refractivity contribution in [1.29, 1.82) is 0 Å². The van der Waals surface area contributed by atoms with Gasteiger partial charge in [-0.25, -0.2) is 0 Å². The molecule has 1 rings (SSSR count). The van der Waals surface area contributed by atoms with E-state index in [1.165, 1.54) is 32.8 Å². The van der Waals surface area contributed by atoms with Crippen LogP contribution in [0.5, 0.6) is 0 Å². The van der Waals surface area contributed by atoms with Gasteiger partial charge in [0.15, 0.2) is 0 Å². The minimum atomic E-state index is -0.166. The van der Waals surface area contributed by atoms with Crippen molar-refractivity contribution < 1.29 is 9.53 Å². The van der Waals surface area contributed by atoms with E-state index in [2.05, 4.69) is 17.0 Å². The van der Waals surface area contributed by atoms with Gasteiger partial charge in [-0.15, -0.1) is 0 Å². The number of hydrogen-bond donors (Lipinski definition) is 1. The molecule has 0 aromatic heterocycles. The number of esters is 1. The average Bonchev–Trinajstić information content (AvgIpc) is 2.64. The summed E-state index contributed by atoms with van der Waals surface area (Å²) in [6.07, 6.45) is 4.95. The molecule has 1 fully saturated rings. The molecule has 1 N–H and O–H groups in total. The lowest BCUT2D eigenvalue weighted by Crippen LogP contribution is -2.40. The quantitative estimate of drug-likeness (QED) is 0.701. The van der Waals surface area contributed by atoms with E-state index in [1.54, 1.807) is 0 Å². The van der Waals surface area contributed by atoms with Gasteiger partial charge in [0.2, 0.25) is 0 Å². The first-order valence-electron chi connectivity index (χ1n) is 5.51. The van der Waals surface area contributed by atoms with E-state index < -0.39 is 0 Å². The Morgan fingerprint density at radius 3 is 2.79 bits per heavy atom. The van der Waals surface area contributed by atoms with E-state index in [0.29, 0.717) is 6.04 Å². The molecule has 1 aliphatic carbocycles. The predicted molar refractivity (Wildman–Crippen MR) is 56.0 cm³/mol. The van der Waals surface area contributed by atoms with Gasteiger partial charge in [0.1, 0.15) is 6.04 Å². The summed E-state index contributed by atoms with van der Waals surface area (Å²) in [6, 6.07) is 0.342. The number of carbonyl (C=O) groups excluding carboxylic acids is 1. The van der Waals surface area contributed by atoms with Crippen molar-refractivity contribution in [2.75, 3.05) is 7.11 Å². The molecule has 3 unspecified atom stereocenters. The SMILES string of the molecule is CCC1CCC(NC(C)C(=O)OC)C1. The van der Waals surface area contributed by atoms with Gasteiger partial charge in [-0.3, -0.25) is 4.79 Å². The summed E-state index contributed by atoms with van der Waals surface area (Å²) < 4.78 is 4.67. The first-order chi connectivity index (χ1) is 6.67. The molecule has 0 heterocycles. The van der Waals surface area contributed by atoms with E-state index in [-0.39, 0.29) is 12.0 Å². The molecule has 0 spiro atoms. The Morgan fingerprint density at radius 2 is 2.29 bits per heavy atom. The normalized spacial score (nSPS) is 28.8. The van der Waals surface area contributed by atoms with E-state index in [9.17, 15) is 4.79 Å². The van der Waals surface area contributed by atoms with Crippen LogP contribution in [0.1, 0.15) is 39.5 Å². The lowest BCUT2D eigenvalue weighted by molar-refractivity contribution is -0.142. The topological polar surface area (TPSA) is 38.3 Å². The van der Waals surface area contributed by atoms with Crippen molar-refractivity contribution in [3.8, 4) is 0 Å². The maximum atomic E-state index is 11.2. The highest BCUT2D eigenvalue weighted by Crippen LogP contribution is 2.28. The summed E-state index contributed by atoms with van der Waals surface area (Å²) >= 11 is 0. The second kappa shape index (κ2) is 5.35. The van der Waals surface area contributed by atoms with Crippen LogP contribution < -0.4 is 5.32 Å². The van der Waals surface area contributed by atoms with Crippen molar-refractivity contribution in [1.82, 2.24) is 5.32 Å². The second-order valence-electron chi connectivity index (χ2n) is 4.20. The first-order valence-corrected chi connectivity index (χ1v) is 5.51. The third-order valence-corrected chi connectivity index (χ3v) is 3.16. The molecule has 0 bridgehead atoms. The second-order valence-corrected chi connectivity index (χ2v) is 4.20. The smallest absolute Gasteiger partial charge is 0.322 e. The van der Waals surface area contributed by atoms with Crippen molar-refractivity contribution in [2.24, 2.45) is 5.92 Å². The number of methoxy groups -OCH3 is 1. The van der Waals surface area contributed by atoms with E-state index in [0.717, 1.165) is 5.92 Å². The van der Waals surface area contributed by atoms with Crippen molar-refractivity contribution in [3.63, 3.8) is 0 Å². The molecule has 0 amide bonds. The highest BCUT2D eigenvalue weighted by molar-refractivity contribution is 5.75. The van der Waals surface area contributed by atoms with Crippen molar-refractivity contribution in [2.45, 2.75) is 51.6 Å². The molecule has 3 atom stereocenters. The zero-order valence-corrected chi connectivity index (χ0v) is 9.38. The maximum Gasteiger partial charge on any atom is 0.322 e. The fourth-order valence-corrected chi connectivity index (χ4v) is 2.20. The molecule has 3 heteroatoms. The van der Waals surface area contributed by atoms with Crippen molar-refractivity contribution in [3.05, 3.63) is 0 Å². The Hall–Kier alpha value is -0.570. The van der Waals surface area contributed by atoms with Crippen LogP contribution in [0.3, 0.4) is 0 Å². The summed E-state index contributed by atoms with van der Waals surface area (Å²) in [6.45, 7) is 4.10. The van der Waals surface area contributed by atoms with Crippen LogP contribution >= 0.6 is 0 Å². The Labute approximate surface area is 86.2 Å². The fourth-order valence-electron chi connectivity index (χ4n) is 2.20. The molecule has 0 saturated heterocycles. The number of ether oxygens (including phenoxy) is 1. The van der Waals surface area contributed by atoms with Crippen LogP contribution in [-0.4, -0.2) is 25.2 Å². The Kier molecular flexibility index (Phi) is 4.39. The highest BCUT2D eigenvalue weighted by Gasteiger charge is 2.26. The van der Waals surface area contributed by atoms with Gasteiger partial charge in [-0.1, -0.05) is 13.3 Å². The molecule has 3 nitrogen and oxygen atoms in total. The molecule has 0 aromatic carbocycles. The zero-order valence-electron chi connectivity index (χ0n) is 9.38. The number of rotatable bonds is 4. The van der Waals surface area contributed by atoms with E-state index in [4.69, 9.17) is 0 Å². The summed E-state index contributed by atoms with van der Waals surface area (Å²) in [4.78, 5) is 11.2. The van der Waals surface area contributed by atoms with Crippen LogP contribution in [-0.2, 0) is 9.53 Å².